The maximum absolute atomic E-state index is 13.8. The third-order valence-corrected chi connectivity index (χ3v) is 7.34. The second-order valence-corrected chi connectivity index (χ2v) is 9.61. The zero-order valence-electron chi connectivity index (χ0n) is 18.3. The molecule has 170 valence electrons. The van der Waals surface area contributed by atoms with Crippen LogP contribution in [0.3, 0.4) is 0 Å². The minimum Gasteiger partial charge on any atom is -0.348 e. The van der Waals surface area contributed by atoms with E-state index in [4.69, 9.17) is 10.1 Å². The SMILES string of the molecule is Fc1cccc(C2CCCN2c2ccc3ncc(-c4csc(CN5CCNCC5)n4)n3n2)c1. The third-order valence-electron chi connectivity index (χ3n) is 6.51. The van der Waals surface area contributed by atoms with Gasteiger partial charge in [-0.1, -0.05) is 12.1 Å². The highest BCUT2D eigenvalue weighted by atomic mass is 32.1. The number of imidazole rings is 1. The van der Waals surface area contributed by atoms with Crippen molar-refractivity contribution in [3.63, 3.8) is 0 Å². The largest absolute Gasteiger partial charge is 0.348 e. The molecule has 4 aromatic rings. The van der Waals surface area contributed by atoms with Crippen molar-refractivity contribution in [2.45, 2.75) is 25.4 Å². The monoisotopic (exact) mass is 463 g/mol. The second-order valence-electron chi connectivity index (χ2n) is 8.66. The van der Waals surface area contributed by atoms with Crippen LogP contribution in [0.15, 0.2) is 48.0 Å². The summed E-state index contributed by atoms with van der Waals surface area (Å²) in [7, 11) is 0. The molecule has 0 spiro atoms. The van der Waals surface area contributed by atoms with Gasteiger partial charge in [0.15, 0.2) is 5.65 Å². The number of anilines is 1. The number of halogens is 1. The summed E-state index contributed by atoms with van der Waals surface area (Å²) in [6.07, 6.45) is 3.89. The molecule has 6 rings (SSSR count). The van der Waals surface area contributed by atoms with Crippen LogP contribution < -0.4 is 10.2 Å². The molecule has 2 saturated heterocycles. The summed E-state index contributed by atoms with van der Waals surface area (Å²) in [5, 5.41) is 11.6. The van der Waals surface area contributed by atoms with Gasteiger partial charge in [0.05, 0.1) is 18.8 Å². The Balaban J connectivity index is 1.29. The van der Waals surface area contributed by atoms with Gasteiger partial charge in [-0.05, 0) is 42.7 Å². The number of nitrogens with zero attached hydrogens (tertiary/aromatic N) is 6. The maximum Gasteiger partial charge on any atom is 0.154 e. The number of fused-ring (bicyclic) bond motifs is 1. The lowest BCUT2D eigenvalue weighted by Gasteiger charge is -2.26. The fourth-order valence-corrected chi connectivity index (χ4v) is 5.68. The topological polar surface area (TPSA) is 61.6 Å². The smallest absolute Gasteiger partial charge is 0.154 e. The molecule has 2 fully saturated rings. The van der Waals surface area contributed by atoms with Crippen molar-refractivity contribution in [1.29, 1.82) is 0 Å². The highest BCUT2D eigenvalue weighted by Crippen LogP contribution is 2.35. The van der Waals surface area contributed by atoms with Crippen LogP contribution in [0.1, 0.15) is 29.5 Å². The Morgan fingerprint density at radius 2 is 2.03 bits per heavy atom. The molecule has 0 aliphatic carbocycles. The Bertz CT molecular complexity index is 1260. The first kappa shape index (κ1) is 20.7. The number of benzene rings is 1. The first-order valence-electron chi connectivity index (χ1n) is 11.5. The first-order valence-corrected chi connectivity index (χ1v) is 12.4. The van der Waals surface area contributed by atoms with E-state index in [0.29, 0.717) is 0 Å². The van der Waals surface area contributed by atoms with Gasteiger partial charge in [0.25, 0.3) is 0 Å². The predicted molar refractivity (Wildman–Crippen MR) is 128 cm³/mol. The Morgan fingerprint density at radius 3 is 2.91 bits per heavy atom. The van der Waals surface area contributed by atoms with Crippen LogP contribution in [0, 0.1) is 5.82 Å². The fourth-order valence-electron chi connectivity index (χ4n) is 4.85. The number of aromatic nitrogens is 4. The predicted octanol–water partition coefficient (Wildman–Crippen LogP) is 3.74. The van der Waals surface area contributed by atoms with E-state index in [1.165, 1.54) is 6.07 Å². The average Bonchev–Trinajstić information content (AvgIpc) is 3.59. The zero-order valence-corrected chi connectivity index (χ0v) is 19.1. The van der Waals surface area contributed by atoms with Crippen LogP contribution in [-0.2, 0) is 6.54 Å². The van der Waals surface area contributed by atoms with Crippen LogP contribution in [-0.4, -0.2) is 57.2 Å². The van der Waals surface area contributed by atoms with Gasteiger partial charge in [0.1, 0.15) is 28.0 Å². The number of piperazine rings is 1. The molecule has 2 aliphatic heterocycles. The highest BCUT2D eigenvalue weighted by Gasteiger charge is 2.28. The standard InChI is InChI=1S/C24H26FN7S/c25-18-4-1-3-17(13-18)20-5-2-10-31(20)23-7-6-22-27-14-21(32(22)29-23)19-16-33-24(28-19)15-30-11-8-26-9-12-30/h1,3-4,6-7,13-14,16,20,26H,2,5,8-12,15H2. The molecule has 0 amide bonds. The quantitative estimate of drug-likeness (QED) is 0.487. The van der Waals surface area contributed by atoms with Crippen LogP contribution in [0.2, 0.25) is 0 Å². The summed E-state index contributed by atoms with van der Waals surface area (Å²) in [6, 6.07) is 11.1. The minimum atomic E-state index is -0.195. The summed E-state index contributed by atoms with van der Waals surface area (Å²) in [6.45, 7) is 5.95. The van der Waals surface area contributed by atoms with Crippen molar-refractivity contribution in [2.24, 2.45) is 0 Å². The van der Waals surface area contributed by atoms with E-state index in [1.807, 2.05) is 28.9 Å². The Labute approximate surface area is 195 Å². The molecule has 33 heavy (non-hydrogen) atoms. The van der Waals surface area contributed by atoms with Crippen LogP contribution in [0.5, 0.6) is 0 Å². The van der Waals surface area contributed by atoms with Crippen molar-refractivity contribution in [3.8, 4) is 11.4 Å². The van der Waals surface area contributed by atoms with Crippen LogP contribution in [0.4, 0.5) is 10.2 Å². The molecule has 0 radical (unpaired) electrons. The van der Waals surface area contributed by atoms with Gasteiger partial charge in [0, 0.05) is 38.1 Å². The van der Waals surface area contributed by atoms with E-state index in [9.17, 15) is 4.39 Å². The normalized spacial score (nSPS) is 19.5. The molecule has 1 N–H and O–H groups in total. The number of nitrogens with one attached hydrogen (secondary N) is 1. The molecule has 9 heteroatoms. The molecule has 5 heterocycles. The molecular formula is C24H26FN7S. The van der Waals surface area contributed by atoms with Gasteiger partial charge in [-0.25, -0.2) is 18.9 Å². The first-order chi connectivity index (χ1) is 16.2. The van der Waals surface area contributed by atoms with Gasteiger partial charge in [-0.15, -0.1) is 16.4 Å². The molecule has 3 aromatic heterocycles. The molecule has 2 aliphatic rings. The summed E-state index contributed by atoms with van der Waals surface area (Å²) in [4.78, 5) is 14.2. The summed E-state index contributed by atoms with van der Waals surface area (Å²) in [5.74, 6) is 0.685. The molecule has 7 nitrogen and oxygen atoms in total. The van der Waals surface area contributed by atoms with Crippen molar-refractivity contribution >= 4 is 22.8 Å². The number of rotatable bonds is 5. The van der Waals surface area contributed by atoms with Crippen molar-refractivity contribution < 1.29 is 4.39 Å². The lowest BCUT2D eigenvalue weighted by molar-refractivity contribution is 0.233. The van der Waals surface area contributed by atoms with E-state index in [-0.39, 0.29) is 11.9 Å². The molecule has 1 unspecified atom stereocenters. The lowest BCUT2D eigenvalue weighted by atomic mass is 10.0. The molecule has 0 saturated carbocycles. The number of hydrogen-bond acceptors (Lipinski definition) is 7. The Hall–Kier alpha value is -2.88. The van der Waals surface area contributed by atoms with Crippen molar-refractivity contribution in [1.82, 2.24) is 29.8 Å². The minimum absolute atomic E-state index is 0.127. The van der Waals surface area contributed by atoms with Gasteiger partial charge in [0.2, 0.25) is 0 Å². The average molecular weight is 464 g/mol. The van der Waals surface area contributed by atoms with Gasteiger partial charge < -0.3 is 10.2 Å². The van der Waals surface area contributed by atoms with Crippen molar-refractivity contribution in [2.75, 3.05) is 37.6 Å². The van der Waals surface area contributed by atoms with E-state index < -0.39 is 0 Å². The van der Waals surface area contributed by atoms with E-state index in [0.717, 1.165) is 85.5 Å². The number of thiazole rings is 1. The van der Waals surface area contributed by atoms with Crippen LogP contribution >= 0.6 is 11.3 Å². The summed E-state index contributed by atoms with van der Waals surface area (Å²) < 4.78 is 15.7. The molecular weight excluding hydrogens is 437 g/mol. The molecule has 1 atom stereocenters. The maximum atomic E-state index is 13.8. The lowest BCUT2D eigenvalue weighted by Crippen LogP contribution is -2.42. The Morgan fingerprint density at radius 1 is 1.12 bits per heavy atom. The van der Waals surface area contributed by atoms with Gasteiger partial charge >= 0.3 is 0 Å². The molecule has 0 bridgehead atoms. The summed E-state index contributed by atoms with van der Waals surface area (Å²) >= 11 is 1.69. The van der Waals surface area contributed by atoms with Gasteiger partial charge in [-0.3, -0.25) is 4.90 Å². The van der Waals surface area contributed by atoms with Gasteiger partial charge in [-0.2, -0.15) is 0 Å². The Kier molecular flexibility index (Phi) is 5.53. The summed E-state index contributed by atoms with van der Waals surface area (Å²) in [5.41, 5.74) is 3.60. The van der Waals surface area contributed by atoms with E-state index >= 15 is 0 Å². The van der Waals surface area contributed by atoms with Crippen LogP contribution in [0.25, 0.3) is 17.0 Å². The van der Waals surface area contributed by atoms with E-state index in [2.05, 4.69) is 25.5 Å². The molecule has 1 aromatic carbocycles. The third kappa shape index (κ3) is 4.12. The second kappa shape index (κ2) is 8.81. The highest BCUT2D eigenvalue weighted by molar-refractivity contribution is 7.09. The van der Waals surface area contributed by atoms with Crippen molar-refractivity contribution in [3.05, 3.63) is 64.4 Å². The zero-order chi connectivity index (χ0) is 22.2. The number of hydrogen-bond donors (Lipinski definition) is 1. The van der Waals surface area contributed by atoms with E-state index in [1.54, 1.807) is 23.5 Å². The fraction of sp³-hybridized carbons (Fsp3) is 0.375.